The van der Waals surface area contributed by atoms with Crippen LogP contribution in [0.3, 0.4) is 0 Å². The van der Waals surface area contributed by atoms with Crippen LogP contribution in [0.4, 0.5) is 10.5 Å². The minimum absolute atomic E-state index is 0.0870. The lowest BCUT2D eigenvalue weighted by Crippen LogP contribution is -2.59. The summed E-state index contributed by atoms with van der Waals surface area (Å²) in [4.78, 5) is 37.3. The van der Waals surface area contributed by atoms with E-state index in [1.54, 1.807) is 26.0 Å². The molecule has 11 heteroatoms. The maximum Gasteiger partial charge on any atom is 0.329 e. The summed E-state index contributed by atoms with van der Waals surface area (Å²) in [6.45, 7) is 7.38. The van der Waals surface area contributed by atoms with E-state index in [0.717, 1.165) is 16.7 Å². The number of nitrogens with two attached hydrogens (primary N) is 2. The van der Waals surface area contributed by atoms with E-state index in [9.17, 15) is 22.8 Å². The zero-order chi connectivity index (χ0) is 24.1. The first kappa shape index (κ1) is 24.1. The van der Waals surface area contributed by atoms with Crippen molar-refractivity contribution in [3.63, 3.8) is 0 Å². The van der Waals surface area contributed by atoms with Crippen LogP contribution in [0.5, 0.6) is 0 Å². The maximum absolute atomic E-state index is 12.9. The van der Waals surface area contributed by atoms with E-state index >= 15 is 0 Å². The fraction of sp³-hybridized carbons (Fsp3) is 0.571. The molecule has 176 valence electrons. The summed E-state index contributed by atoms with van der Waals surface area (Å²) in [5, 5.41) is 2.33. The van der Waals surface area contributed by atoms with Gasteiger partial charge in [-0.2, -0.15) is 0 Å². The maximum atomic E-state index is 12.9. The number of nitrogens with zero attached hydrogens (tertiary/aromatic N) is 2. The summed E-state index contributed by atoms with van der Waals surface area (Å²) < 4.78 is 27.1. The fourth-order valence-electron chi connectivity index (χ4n) is 4.37. The summed E-state index contributed by atoms with van der Waals surface area (Å²) >= 11 is 0. The van der Waals surface area contributed by atoms with Gasteiger partial charge in [-0.05, 0) is 75.8 Å². The van der Waals surface area contributed by atoms with Crippen LogP contribution in [0, 0.1) is 13.8 Å². The number of piperidine rings is 1. The van der Waals surface area contributed by atoms with Crippen molar-refractivity contribution in [2.45, 2.75) is 58.0 Å². The minimum atomic E-state index is -3.54. The number of anilines is 1. The molecule has 0 spiro atoms. The molecule has 3 rings (SSSR count). The second kappa shape index (κ2) is 8.13. The normalized spacial score (nSPS) is 21.0. The van der Waals surface area contributed by atoms with Crippen molar-refractivity contribution in [1.82, 2.24) is 9.62 Å². The summed E-state index contributed by atoms with van der Waals surface area (Å²) in [5.41, 5.74) is 12.3. The van der Waals surface area contributed by atoms with Gasteiger partial charge >= 0.3 is 6.03 Å². The van der Waals surface area contributed by atoms with Gasteiger partial charge in [0.2, 0.25) is 15.9 Å². The molecule has 2 aliphatic rings. The Balaban J connectivity index is 1.74. The number of hydrogen-bond donors (Lipinski definition) is 3. The first-order chi connectivity index (χ1) is 14.7. The fourth-order valence-corrected chi connectivity index (χ4v) is 5.82. The Kier molecular flexibility index (Phi) is 6.13. The Labute approximate surface area is 188 Å². The molecule has 0 unspecified atom stereocenters. The molecule has 0 radical (unpaired) electrons. The van der Waals surface area contributed by atoms with Crippen LogP contribution in [0.2, 0.25) is 0 Å². The minimum Gasteiger partial charge on any atom is -0.368 e. The number of hydrogen-bond acceptors (Lipinski definition) is 6. The average Bonchev–Trinajstić information content (AvgIpc) is 2.87. The Morgan fingerprint density at radius 1 is 1.12 bits per heavy atom. The van der Waals surface area contributed by atoms with E-state index in [1.807, 2.05) is 13.8 Å². The number of sulfonamides is 1. The monoisotopic (exact) mass is 465 g/mol. The van der Waals surface area contributed by atoms with Crippen LogP contribution >= 0.6 is 0 Å². The topological polar surface area (TPSA) is 156 Å². The van der Waals surface area contributed by atoms with Crippen LogP contribution in [0.1, 0.15) is 43.4 Å². The molecule has 0 aliphatic carbocycles. The first-order valence-corrected chi connectivity index (χ1v) is 12.1. The second-order valence-electron chi connectivity index (χ2n) is 9.20. The number of nitrogens with one attached hydrogen (secondary N) is 1. The molecule has 32 heavy (non-hydrogen) atoms. The van der Waals surface area contributed by atoms with Crippen LogP contribution in [-0.2, 0) is 26.0 Å². The van der Waals surface area contributed by atoms with E-state index in [0.29, 0.717) is 12.1 Å². The highest BCUT2D eigenvalue weighted by atomic mass is 32.2. The molecular formula is C21H31N5O5S. The first-order valence-electron chi connectivity index (χ1n) is 10.5. The molecule has 10 nitrogen and oxygen atoms in total. The van der Waals surface area contributed by atoms with Gasteiger partial charge < -0.3 is 11.5 Å². The van der Waals surface area contributed by atoms with Crippen molar-refractivity contribution in [1.29, 1.82) is 0 Å². The zero-order valence-electron chi connectivity index (χ0n) is 18.9. The van der Waals surface area contributed by atoms with Crippen LogP contribution in [-0.4, -0.2) is 60.5 Å². The lowest BCUT2D eigenvalue weighted by molar-refractivity contribution is -0.124. The third-order valence-electron chi connectivity index (χ3n) is 6.59. The number of benzene rings is 1. The van der Waals surface area contributed by atoms with Gasteiger partial charge in [-0.3, -0.25) is 19.8 Å². The molecule has 2 fully saturated rings. The van der Waals surface area contributed by atoms with Gasteiger partial charge in [0.15, 0.2) is 0 Å². The molecule has 0 atom stereocenters. The molecule has 4 amide bonds. The predicted octanol–water partition coefficient (Wildman–Crippen LogP) is 0.289. The standard InChI is InChI=1S/C21H31N5O5S/c1-13-11-15(26-19(29)24-18(28)20(26,3)4)12-14(2)16(13)5-10-32(30,31)25-8-6-21(23,7-9-25)17(22)27/h11-12H,5-10,23H2,1-4H3,(H2,22,27)(H,24,28,29). The van der Waals surface area contributed by atoms with E-state index < -0.39 is 33.0 Å². The Bertz CT molecular complexity index is 1050. The van der Waals surface area contributed by atoms with Gasteiger partial charge in [0, 0.05) is 18.8 Å². The number of imide groups is 1. The highest BCUT2D eigenvalue weighted by Crippen LogP contribution is 2.32. The smallest absolute Gasteiger partial charge is 0.329 e. The molecule has 0 bridgehead atoms. The Hall–Kier alpha value is -2.50. The Morgan fingerprint density at radius 3 is 2.09 bits per heavy atom. The molecular weight excluding hydrogens is 434 g/mol. The van der Waals surface area contributed by atoms with Crippen molar-refractivity contribution < 1.29 is 22.8 Å². The number of primary amides is 1. The second-order valence-corrected chi connectivity index (χ2v) is 11.3. The van der Waals surface area contributed by atoms with Gasteiger partial charge in [0.05, 0.1) is 11.3 Å². The van der Waals surface area contributed by atoms with E-state index in [4.69, 9.17) is 11.5 Å². The van der Waals surface area contributed by atoms with Crippen molar-refractivity contribution in [3.05, 3.63) is 28.8 Å². The van der Waals surface area contributed by atoms with Gasteiger partial charge in [0.1, 0.15) is 5.54 Å². The number of carbonyl (C=O) groups is 3. The van der Waals surface area contributed by atoms with E-state index in [-0.39, 0.29) is 37.6 Å². The highest BCUT2D eigenvalue weighted by Gasteiger charge is 2.46. The van der Waals surface area contributed by atoms with Gasteiger partial charge in [-0.25, -0.2) is 17.5 Å². The Morgan fingerprint density at radius 2 is 1.66 bits per heavy atom. The van der Waals surface area contributed by atoms with Crippen molar-refractivity contribution >= 4 is 33.6 Å². The SMILES string of the molecule is Cc1cc(N2C(=O)NC(=O)C2(C)C)cc(C)c1CCS(=O)(=O)N1CCC(N)(C(N)=O)CC1. The summed E-state index contributed by atoms with van der Waals surface area (Å²) in [5.74, 6) is -1.07. The predicted molar refractivity (Wildman–Crippen MR) is 120 cm³/mol. The summed E-state index contributed by atoms with van der Waals surface area (Å²) in [6.07, 6.45) is 0.691. The third kappa shape index (κ3) is 4.24. The van der Waals surface area contributed by atoms with Gasteiger partial charge in [0.25, 0.3) is 5.91 Å². The van der Waals surface area contributed by atoms with Crippen molar-refractivity contribution in [3.8, 4) is 0 Å². The number of carbonyl (C=O) groups excluding carboxylic acids is 3. The lowest BCUT2D eigenvalue weighted by Gasteiger charge is -2.36. The molecule has 0 aromatic heterocycles. The molecule has 0 saturated carbocycles. The van der Waals surface area contributed by atoms with Crippen molar-refractivity contribution in [2.24, 2.45) is 11.5 Å². The van der Waals surface area contributed by atoms with Crippen molar-refractivity contribution in [2.75, 3.05) is 23.7 Å². The lowest BCUT2D eigenvalue weighted by atomic mass is 9.89. The number of urea groups is 1. The van der Waals surface area contributed by atoms with E-state index in [2.05, 4.69) is 5.32 Å². The molecule has 5 N–H and O–H groups in total. The molecule has 1 aromatic rings. The van der Waals surface area contributed by atoms with Gasteiger partial charge in [-0.15, -0.1) is 0 Å². The number of rotatable bonds is 6. The average molecular weight is 466 g/mol. The highest BCUT2D eigenvalue weighted by molar-refractivity contribution is 7.89. The molecule has 2 aliphatic heterocycles. The molecule has 1 aromatic carbocycles. The van der Waals surface area contributed by atoms with Gasteiger partial charge in [-0.1, -0.05) is 0 Å². The zero-order valence-corrected chi connectivity index (χ0v) is 19.7. The number of aryl methyl sites for hydroxylation is 2. The summed E-state index contributed by atoms with van der Waals surface area (Å²) in [6, 6.07) is 3.11. The quantitative estimate of drug-likeness (QED) is 0.513. The number of amides is 4. The van der Waals surface area contributed by atoms with E-state index in [1.165, 1.54) is 9.21 Å². The van der Waals surface area contributed by atoms with Crippen LogP contribution in [0.15, 0.2) is 12.1 Å². The van der Waals surface area contributed by atoms with Crippen LogP contribution < -0.4 is 21.7 Å². The summed E-state index contributed by atoms with van der Waals surface area (Å²) in [7, 11) is -3.54. The molecule has 2 saturated heterocycles. The largest absolute Gasteiger partial charge is 0.368 e. The van der Waals surface area contributed by atoms with Crippen LogP contribution in [0.25, 0.3) is 0 Å². The third-order valence-corrected chi connectivity index (χ3v) is 8.46. The molecule has 2 heterocycles.